The lowest BCUT2D eigenvalue weighted by molar-refractivity contribution is 1.45. The molecule has 0 nitrogen and oxygen atoms in total. The molecule has 0 aliphatic carbocycles. The van der Waals surface area contributed by atoms with E-state index in [0.717, 1.165) is 4.47 Å². The molecule has 0 amide bonds. The molecule has 0 bridgehead atoms. The normalized spacial score (nSPS) is 7.00. The fourth-order valence-corrected chi connectivity index (χ4v) is 1.12. The summed E-state index contributed by atoms with van der Waals surface area (Å²) in [5.74, 6) is 0. The molecule has 0 N–H and O–H groups in total. The molecule has 0 spiro atoms. The summed E-state index contributed by atoms with van der Waals surface area (Å²) in [5, 5.41) is 0. The van der Waals surface area contributed by atoms with Gasteiger partial charge in [0.2, 0.25) is 0 Å². The SMILES string of the molecule is C=C.CC.Cc1cccc(Br)c1. The average Bonchev–Trinajstić information content (AvgIpc) is 2.11. The van der Waals surface area contributed by atoms with Crippen LogP contribution >= 0.6 is 15.9 Å². The van der Waals surface area contributed by atoms with Crippen molar-refractivity contribution in [3.63, 3.8) is 0 Å². The van der Waals surface area contributed by atoms with Crippen molar-refractivity contribution in [1.82, 2.24) is 0 Å². The maximum atomic E-state index is 3.36. The average molecular weight is 229 g/mol. The summed E-state index contributed by atoms with van der Waals surface area (Å²) in [5.41, 5.74) is 1.29. The molecule has 0 aromatic heterocycles. The van der Waals surface area contributed by atoms with Crippen LogP contribution in [-0.4, -0.2) is 0 Å². The third-order valence-electron chi connectivity index (χ3n) is 0.980. The van der Waals surface area contributed by atoms with Crippen LogP contribution < -0.4 is 0 Å². The Morgan fingerprint density at radius 3 is 1.92 bits per heavy atom. The van der Waals surface area contributed by atoms with Crippen LogP contribution in [0.15, 0.2) is 41.9 Å². The highest BCUT2D eigenvalue weighted by Gasteiger charge is 1.82. The third kappa shape index (κ3) is 7.55. The zero-order chi connectivity index (χ0) is 9.98. The van der Waals surface area contributed by atoms with Crippen molar-refractivity contribution in [1.29, 1.82) is 0 Å². The van der Waals surface area contributed by atoms with E-state index >= 15 is 0 Å². The Bertz CT molecular complexity index is 177. The molecule has 0 heterocycles. The van der Waals surface area contributed by atoms with Gasteiger partial charge in [-0.3, -0.25) is 0 Å². The first-order valence-electron chi connectivity index (χ1n) is 4.01. The second kappa shape index (κ2) is 10.4. The van der Waals surface area contributed by atoms with Crippen molar-refractivity contribution in [2.45, 2.75) is 20.8 Å². The monoisotopic (exact) mass is 228 g/mol. The van der Waals surface area contributed by atoms with Crippen LogP contribution in [0, 0.1) is 6.92 Å². The van der Waals surface area contributed by atoms with Gasteiger partial charge in [-0.1, -0.05) is 47.5 Å². The minimum absolute atomic E-state index is 1.15. The first kappa shape index (κ1) is 14.0. The van der Waals surface area contributed by atoms with Crippen LogP contribution in [-0.2, 0) is 0 Å². The van der Waals surface area contributed by atoms with Gasteiger partial charge >= 0.3 is 0 Å². The van der Waals surface area contributed by atoms with Crippen molar-refractivity contribution in [2.24, 2.45) is 0 Å². The van der Waals surface area contributed by atoms with Crippen LogP contribution in [0.4, 0.5) is 0 Å². The molecule has 0 atom stereocenters. The van der Waals surface area contributed by atoms with Crippen LogP contribution in [0.2, 0.25) is 0 Å². The van der Waals surface area contributed by atoms with E-state index in [4.69, 9.17) is 0 Å². The van der Waals surface area contributed by atoms with Gasteiger partial charge in [0.1, 0.15) is 0 Å². The smallest absolute Gasteiger partial charge is 0.0177 e. The molecule has 0 aliphatic rings. The molecule has 1 aromatic rings. The number of halogens is 1. The van der Waals surface area contributed by atoms with Crippen molar-refractivity contribution in [3.8, 4) is 0 Å². The van der Waals surface area contributed by atoms with Crippen LogP contribution in [0.25, 0.3) is 0 Å². The van der Waals surface area contributed by atoms with Gasteiger partial charge in [-0.2, -0.15) is 0 Å². The van der Waals surface area contributed by atoms with E-state index in [9.17, 15) is 0 Å². The molecule has 0 fully saturated rings. The van der Waals surface area contributed by atoms with Crippen molar-refractivity contribution >= 4 is 15.9 Å². The molecule has 68 valence electrons. The second-order valence-electron chi connectivity index (χ2n) is 1.80. The lowest BCUT2D eigenvalue weighted by Gasteiger charge is -1.89. The van der Waals surface area contributed by atoms with E-state index in [-0.39, 0.29) is 0 Å². The zero-order valence-corrected chi connectivity index (χ0v) is 9.69. The highest BCUT2D eigenvalue weighted by molar-refractivity contribution is 9.10. The molecule has 0 aliphatic heterocycles. The topological polar surface area (TPSA) is 0 Å². The third-order valence-corrected chi connectivity index (χ3v) is 1.47. The highest BCUT2D eigenvalue weighted by atomic mass is 79.9. The van der Waals surface area contributed by atoms with Crippen molar-refractivity contribution in [3.05, 3.63) is 47.5 Å². The first-order chi connectivity index (χ1) is 5.79. The fraction of sp³-hybridized carbons (Fsp3) is 0.273. The van der Waals surface area contributed by atoms with Gasteiger partial charge in [-0.05, 0) is 19.1 Å². The Balaban J connectivity index is 0. The Labute approximate surface area is 84.4 Å². The number of benzene rings is 1. The molecular weight excluding hydrogens is 212 g/mol. The van der Waals surface area contributed by atoms with E-state index < -0.39 is 0 Å². The second-order valence-corrected chi connectivity index (χ2v) is 2.71. The summed E-state index contributed by atoms with van der Waals surface area (Å²) >= 11 is 3.36. The largest absolute Gasteiger partial charge is 0.106 e. The number of aryl methyl sites for hydroxylation is 1. The summed E-state index contributed by atoms with van der Waals surface area (Å²) in [6.45, 7) is 12.1. The lowest BCUT2D eigenvalue weighted by Crippen LogP contribution is -1.67. The summed E-state index contributed by atoms with van der Waals surface area (Å²) < 4.78 is 1.15. The molecule has 0 saturated heterocycles. The van der Waals surface area contributed by atoms with E-state index in [0.29, 0.717) is 0 Å². The Morgan fingerprint density at radius 2 is 1.67 bits per heavy atom. The molecule has 0 saturated carbocycles. The van der Waals surface area contributed by atoms with Crippen LogP contribution in [0.5, 0.6) is 0 Å². The molecule has 12 heavy (non-hydrogen) atoms. The van der Waals surface area contributed by atoms with Gasteiger partial charge < -0.3 is 0 Å². The zero-order valence-electron chi connectivity index (χ0n) is 8.10. The molecule has 1 rings (SSSR count). The van der Waals surface area contributed by atoms with Crippen LogP contribution in [0.3, 0.4) is 0 Å². The predicted molar refractivity (Wildman–Crippen MR) is 61.5 cm³/mol. The standard InChI is InChI=1S/C7H7Br.C2H6.C2H4/c1-6-3-2-4-7(8)5-6;2*1-2/h2-5H,1H3;1-2H3;1-2H2. The van der Waals surface area contributed by atoms with Gasteiger partial charge in [0.25, 0.3) is 0 Å². The lowest BCUT2D eigenvalue weighted by atomic mass is 10.2. The van der Waals surface area contributed by atoms with Gasteiger partial charge in [0.15, 0.2) is 0 Å². The fourth-order valence-electron chi connectivity index (χ4n) is 0.606. The number of rotatable bonds is 0. The molecule has 1 heteroatoms. The molecule has 0 unspecified atom stereocenters. The van der Waals surface area contributed by atoms with E-state index in [2.05, 4.69) is 48.1 Å². The Morgan fingerprint density at radius 1 is 1.17 bits per heavy atom. The molecule has 0 radical (unpaired) electrons. The number of hydrogen-bond acceptors (Lipinski definition) is 0. The van der Waals surface area contributed by atoms with Gasteiger partial charge in [0.05, 0.1) is 0 Å². The van der Waals surface area contributed by atoms with Gasteiger partial charge in [0, 0.05) is 4.47 Å². The van der Waals surface area contributed by atoms with Crippen molar-refractivity contribution in [2.75, 3.05) is 0 Å². The minimum Gasteiger partial charge on any atom is -0.106 e. The Hall–Kier alpha value is -0.560. The maximum absolute atomic E-state index is 3.36. The van der Waals surface area contributed by atoms with Crippen molar-refractivity contribution < 1.29 is 0 Å². The summed E-state index contributed by atoms with van der Waals surface area (Å²) in [6, 6.07) is 8.21. The predicted octanol–water partition coefficient (Wildman–Crippen LogP) is 4.59. The molecule has 1 aromatic carbocycles. The highest BCUT2D eigenvalue weighted by Crippen LogP contribution is 2.09. The first-order valence-corrected chi connectivity index (χ1v) is 4.80. The van der Waals surface area contributed by atoms with E-state index in [1.165, 1.54) is 5.56 Å². The van der Waals surface area contributed by atoms with Crippen LogP contribution in [0.1, 0.15) is 19.4 Å². The summed E-state index contributed by atoms with van der Waals surface area (Å²) in [6.07, 6.45) is 0. The van der Waals surface area contributed by atoms with Gasteiger partial charge in [-0.15, -0.1) is 13.2 Å². The van der Waals surface area contributed by atoms with E-state index in [1.54, 1.807) is 0 Å². The van der Waals surface area contributed by atoms with Gasteiger partial charge in [-0.25, -0.2) is 0 Å². The summed E-state index contributed by atoms with van der Waals surface area (Å²) in [7, 11) is 0. The number of hydrogen-bond donors (Lipinski definition) is 0. The Kier molecular flexibility index (Phi) is 12.2. The summed E-state index contributed by atoms with van der Waals surface area (Å²) in [4.78, 5) is 0. The minimum atomic E-state index is 1.15. The molecular formula is C11H17Br. The maximum Gasteiger partial charge on any atom is 0.0177 e. The quantitative estimate of drug-likeness (QED) is 0.571. The van der Waals surface area contributed by atoms with E-state index in [1.807, 2.05) is 26.0 Å².